The highest BCUT2D eigenvalue weighted by atomic mass is 15.2. The third-order valence-electron chi connectivity index (χ3n) is 9.82. The zero-order valence-electron chi connectivity index (χ0n) is 26.5. The standard InChI is InChI=1S/C43H33BN3/c1-30-15-9-10-20-35(30)40-27-31(25-26-45(40)2)32-28-41-43-42(29-32)47(34-18-7-4-8-19-34)39-24-14-12-22-37(39)44(43)36-21-11-13-23-38(36)46(41)33-16-5-3-6-17-33/h3-29H,1-2H3/q+1. The van der Waals surface area contributed by atoms with Crippen LogP contribution in [-0.2, 0) is 7.05 Å². The third kappa shape index (κ3) is 4.33. The lowest BCUT2D eigenvalue weighted by Crippen LogP contribution is -2.61. The van der Waals surface area contributed by atoms with E-state index < -0.39 is 0 Å². The summed E-state index contributed by atoms with van der Waals surface area (Å²) in [4.78, 5) is 4.94. The first kappa shape index (κ1) is 27.4. The van der Waals surface area contributed by atoms with Crippen LogP contribution in [0.1, 0.15) is 5.56 Å². The van der Waals surface area contributed by atoms with Crippen molar-refractivity contribution in [3.05, 3.63) is 169 Å². The van der Waals surface area contributed by atoms with Crippen molar-refractivity contribution in [1.82, 2.24) is 0 Å². The second-order valence-corrected chi connectivity index (χ2v) is 12.5. The summed E-state index contributed by atoms with van der Waals surface area (Å²) < 4.78 is 2.23. The van der Waals surface area contributed by atoms with E-state index >= 15 is 0 Å². The summed E-state index contributed by atoms with van der Waals surface area (Å²) in [5.41, 5.74) is 17.3. The molecule has 2 aliphatic heterocycles. The Morgan fingerprint density at radius 2 is 1.00 bits per heavy atom. The van der Waals surface area contributed by atoms with Crippen molar-refractivity contribution in [1.29, 1.82) is 0 Å². The van der Waals surface area contributed by atoms with Gasteiger partial charge in [-0.3, -0.25) is 0 Å². The summed E-state index contributed by atoms with van der Waals surface area (Å²) in [5, 5.41) is 0. The summed E-state index contributed by atoms with van der Waals surface area (Å²) in [7, 11) is 2.13. The van der Waals surface area contributed by atoms with Crippen LogP contribution in [0.3, 0.4) is 0 Å². The quantitative estimate of drug-likeness (QED) is 0.148. The van der Waals surface area contributed by atoms with E-state index in [0.717, 1.165) is 11.4 Å². The minimum absolute atomic E-state index is 0.109. The van der Waals surface area contributed by atoms with E-state index in [0.29, 0.717) is 0 Å². The van der Waals surface area contributed by atoms with Crippen molar-refractivity contribution in [2.45, 2.75) is 6.92 Å². The fourth-order valence-corrected chi connectivity index (χ4v) is 7.65. The summed E-state index contributed by atoms with van der Waals surface area (Å²) in [6, 6.07) is 57.6. The minimum atomic E-state index is 0.109. The van der Waals surface area contributed by atoms with Crippen molar-refractivity contribution in [2.24, 2.45) is 7.05 Å². The fourth-order valence-electron chi connectivity index (χ4n) is 7.65. The number of aryl methyl sites for hydroxylation is 2. The van der Waals surface area contributed by atoms with Gasteiger partial charge in [0.2, 0.25) is 5.69 Å². The van der Waals surface area contributed by atoms with E-state index in [1.807, 2.05) is 0 Å². The van der Waals surface area contributed by atoms with Gasteiger partial charge < -0.3 is 9.80 Å². The van der Waals surface area contributed by atoms with Gasteiger partial charge in [0.05, 0.1) is 0 Å². The predicted octanol–water partition coefficient (Wildman–Crippen LogP) is 8.24. The number of rotatable bonds is 4. The average Bonchev–Trinajstić information content (AvgIpc) is 3.12. The Hall–Kier alpha value is -5.87. The Kier molecular flexibility index (Phi) is 6.36. The minimum Gasteiger partial charge on any atom is -0.311 e. The highest BCUT2D eigenvalue weighted by Gasteiger charge is 2.43. The van der Waals surface area contributed by atoms with Crippen LogP contribution in [0.5, 0.6) is 0 Å². The first-order valence-electron chi connectivity index (χ1n) is 16.3. The third-order valence-corrected chi connectivity index (χ3v) is 9.82. The van der Waals surface area contributed by atoms with E-state index in [2.05, 4.69) is 192 Å². The Balaban J connectivity index is 1.37. The zero-order chi connectivity index (χ0) is 31.5. The first-order valence-corrected chi connectivity index (χ1v) is 16.3. The number of hydrogen-bond acceptors (Lipinski definition) is 2. The monoisotopic (exact) mass is 602 g/mol. The SMILES string of the molecule is Cc1ccccc1-c1cc(-c2cc3c4c(c2)N(c2ccccc2)c2ccccc2B4c2ccccc2N3c2ccccc2)cc[n+]1C. The summed E-state index contributed by atoms with van der Waals surface area (Å²) in [6.45, 7) is 2.30. The normalized spacial score (nSPS) is 12.8. The van der Waals surface area contributed by atoms with E-state index in [1.165, 1.54) is 67.1 Å². The molecule has 222 valence electrons. The molecule has 0 bridgehead atoms. The molecule has 0 N–H and O–H groups in total. The van der Waals surface area contributed by atoms with Gasteiger partial charge in [-0.1, -0.05) is 91.0 Å². The molecule has 7 aromatic rings. The highest BCUT2D eigenvalue weighted by molar-refractivity contribution is 7.00. The van der Waals surface area contributed by atoms with Gasteiger partial charge in [0.15, 0.2) is 6.20 Å². The summed E-state index contributed by atoms with van der Waals surface area (Å²) in [5.74, 6) is 0. The van der Waals surface area contributed by atoms with Crippen molar-refractivity contribution in [3.63, 3.8) is 0 Å². The molecule has 47 heavy (non-hydrogen) atoms. The Labute approximate surface area is 276 Å². The molecule has 0 unspecified atom stereocenters. The summed E-state index contributed by atoms with van der Waals surface area (Å²) in [6.07, 6.45) is 2.19. The second-order valence-electron chi connectivity index (χ2n) is 12.5. The van der Waals surface area contributed by atoms with Crippen molar-refractivity contribution in [2.75, 3.05) is 9.80 Å². The molecule has 0 atom stereocenters. The molecular formula is C43H33BN3+. The smallest absolute Gasteiger partial charge is 0.252 e. The number of benzene rings is 6. The molecule has 0 radical (unpaired) electrons. The largest absolute Gasteiger partial charge is 0.311 e. The van der Waals surface area contributed by atoms with Gasteiger partial charge >= 0.3 is 0 Å². The molecule has 2 aliphatic rings. The van der Waals surface area contributed by atoms with Crippen LogP contribution < -0.4 is 30.8 Å². The molecule has 1 aromatic heterocycles. The van der Waals surface area contributed by atoms with Crippen LogP contribution in [0.25, 0.3) is 22.4 Å². The molecule has 0 fully saturated rings. The summed E-state index contributed by atoms with van der Waals surface area (Å²) >= 11 is 0. The van der Waals surface area contributed by atoms with Crippen molar-refractivity contribution < 1.29 is 4.57 Å². The first-order chi connectivity index (χ1) is 23.2. The maximum absolute atomic E-state index is 2.47. The van der Waals surface area contributed by atoms with Crippen LogP contribution in [0.4, 0.5) is 34.1 Å². The molecule has 3 heterocycles. The van der Waals surface area contributed by atoms with Crippen LogP contribution in [0.15, 0.2) is 164 Å². The van der Waals surface area contributed by atoms with Gasteiger partial charge in [-0.25, -0.2) is 4.57 Å². The number of nitrogens with zero attached hydrogens (tertiary/aromatic N) is 3. The maximum Gasteiger partial charge on any atom is 0.252 e. The van der Waals surface area contributed by atoms with Gasteiger partial charge in [-0.05, 0) is 94.6 Å². The van der Waals surface area contributed by atoms with Crippen LogP contribution in [-0.4, -0.2) is 6.71 Å². The molecule has 6 aromatic carbocycles. The molecular weight excluding hydrogens is 569 g/mol. The van der Waals surface area contributed by atoms with E-state index in [4.69, 9.17) is 0 Å². The highest BCUT2D eigenvalue weighted by Crippen LogP contribution is 2.45. The Morgan fingerprint density at radius 3 is 1.57 bits per heavy atom. The molecule has 0 spiro atoms. The van der Waals surface area contributed by atoms with E-state index in [1.54, 1.807) is 0 Å². The van der Waals surface area contributed by atoms with Gasteiger partial charge in [0.25, 0.3) is 6.71 Å². The lowest BCUT2D eigenvalue weighted by molar-refractivity contribution is -0.660. The zero-order valence-corrected chi connectivity index (χ0v) is 26.5. The predicted molar refractivity (Wildman–Crippen MR) is 197 cm³/mol. The van der Waals surface area contributed by atoms with Gasteiger partial charge in [-0.15, -0.1) is 0 Å². The topological polar surface area (TPSA) is 10.4 Å². The number of fused-ring (bicyclic) bond motifs is 4. The molecule has 0 saturated carbocycles. The fraction of sp³-hybridized carbons (Fsp3) is 0.0465. The van der Waals surface area contributed by atoms with E-state index in [-0.39, 0.29) is 6.71 Å². The molecule has 4 heteroatoms. The van der Waals surface area contributed by atoms with E-state index in [9.17, 15) is 0 Å². The lowest BCUT2D eigenvalue weighted by atomic mass is 9.33. The van der Waals surface area contributed by atoms with Crippen molar-refractivity contribution >= 4 is 57.2 Å². The number of para-hydroxylation sites is 4. The Bertz CT molecular complexity index is 2190. The second kappa shape index (κ2) is 10.9. The van der Waals surface area contributed by atoms with Gasteiger partial charge in [0.1, 0.15) is 7.05 Å². The van der Waals surface area contributed by atoms with Crippen LogP contribution in [0, 0.1) is 6.92 Å². The number of pyridine rings is 1. The van der Waals surface area contributed by atoms with Crippen molar-refractivity contribution in [3.8, 4) is 22.4 Å². The Morgan fingerprint density at radius 1 is 0.489 bits per heavy atom. The number of anilines is 6. The van der Waals surface area contributed by atoms with Crippen LogP contribution >= 0.6 is 0 Å². The molecule has 0 saturated heterocycles. The molecule has 0 amide bonds. The van der Waals surface area contributed by atoms with Crippen LogP contribution in [0.2, 0.25) is 0 Å². The number of hydrogen-bond donors (Lipinski definition) is 0. The number of aromatic nitrogens is 1. The molecule has 9 rings (SSSR count). The maximum atomic E-state index is 2.47. The van der Waals surface area contributed by atoms with Gasteiger partial charge in [-0.2, -0.15) is 0 Å². The van der Waals surface area contributed by atoms with Gasteiger partial charge in [0, 0.05) is 51.8 Å². The lowest BCUT2D eigenvalue weighted by Gasteiger charge is -2.44. The molecule has 3 nitrogen and oxygen atoms in total. The molecule has 0 aliphatic carbocycles. The average molecular weight is 603 g/mol.